The Labute approximate surface area is 184 Å². The minimum absolute atomic E-state index is 0.00997. The van der Waals surface area contributed by atoms with Crippen LogP contribution in [0.5, 0.6) is 0 Å². The molecule has 0 spiro atoms. The zero-order valence-electron chi connectivity index (χ0n) is 18.4. The summed E-state index contributed by atoms with van der Waals surface area (Å²) in [7, 11) is 0. The van der Waals surface area contributed by atoms with Crippen molar-refractivity contribution in [1.29, 1.82) is 0 Å². The van der Waals surface area contributed by atoms with E-state index in [0.717, 1.165) is 17.0 Å². The molecule has 0 aliphatic carbocycles. The van der Waals surface area contributed by atoms with Crippen molar-refractivity contribution in [2.45, 2.75) is 46.2 Å². The van der Waals surface area contributed by atoms with Crippen LogP contribution in [0.2, 0.25) is 0 Å². The van der Waals surface area contributed by atoms with Gasteiger partial charge < -0.3 is 10.1 Å². The van der Waals surface area contributed by atoms with Crippen molar-refractivity contribution >= 4 is 23.5 Å². The number of amides is 2. The summed E-state index contributed by atoms with van der Waals surface area (Å²) in [6.07, 6.45) is 0.709. The van der Waals surface area contributed by atoms with Gasteiger partial charge in [0.05, 0.1) is 18.8 Å². The van der Waals surface area contributed by atoms with Gasteiger partial charge in [0, 0.05) is 18.7 Å². The van der Waals surface area contributed by atoms with E-state index in [2.05, 4.69) is 10.4 Å². The van der Waals surface area contributed by atoms with Crippen molar-refractivity contribution in [1.82, 2.24) is 15.1 Å². The molecular formula is C22H26F2N4O4. The molecule has 2 amide bonds. The molecular weight excluding hydrogens is 422 g/mol. The Morgan fingerprint density at radius 1 is 1.28 bits per heavy atom. The zero-order chi connectivity index (χ0) is 23.6. The maximum absolute atomic E-state index is 14.7. The summed E-state index contributed by atoms with van der Waals surface area (Å²) in [5, 5.41) is 6.93. The summed E-state index contributed by atoms with van der Waals surface area (Å²) in [5.41, 5.74) is -1.94. The fourth-order valence-corrected chi connectivity index (χ4v) is 3.59. The van der Waals surface area contributed by atoms with E-state index < -0.39 is 35.0 Å². The van der Waals surface area contributed by atoms with E-state index in [1.165, 1.54) is 17.7 Å². The molecule has 0 radical (unpaired) electrons. The van der Waals surface area contributed by atoms with Crippen molar-refractivity contribution < 1.29 is 27.9 Å². The van der Waals surface area contributed by atoms with Gasteiger partial charge in [-0.3, -0.25) is 19.2 Å². The SMILES string of the molecule is CCOC(=O)c1cc2n(n1)C[C@](C)(C(=O)NCCC(C)C)N(c1ccc(F)cc1F)C2=O. The van der Waals surface area contributed by atoms with Gasteiger partial charge >= 0.3 is 5.97 Å². The van der Waals surface area contributed by atoms with E-state index in [9.17, 15) is 23.2 Å². The first kappa shape index (κ1) is 23.4. The maximum Gasteiger partial charge on any atom is 0.358 e. The second-order valence-corrected chi connectivity index (χ2v) is 8.24. The number of aromatic nitrogens is 2. The third-order valence-electron chi connectivity index (χ3n) is 5.28. The highest BCUT2D eigenvalue weighted by Crippen LogP contribution is 2.34. The third kappa shape index (κ3) is 4.35. The van der Waals surface area contributed by atoms with Gasteiger partial charge in [-0.25, -0.2) is 13.6 Å². The molecule has 0 bridgehead atoms. The van der Waals surface area contributed by atoms with Crippen LogP contribution in [0.15, 0.2) is 24.3 Å². The Kier molecular flexibility index (Phi) is 6.61. The van der Waals surface area contributed by atoms with Crippen LogP contribution < -0.4 is 10.2 Å². The molecule has 1 aliphatic rings. The lowest BCUT2D eigenvalue weighted by atomic mass is 9.93. The molecule has 3 rings (SSSR count). The van der Waals surface area contributed by atoms with Crippen LogP contribution in [-0.4, -0.2) is 46.3 Å². The number of rotatable bonds is 7. The van der Waals surface area contributed by atoms with Gasteiger partial charge in [-0.15, -0.1) is 0 Å². The van der Waals surface area contributed by atoms with Crippen LogP contribution >= 0.6 is 0 Å². The highest BCUT2D eigenvalue weighted by atomic mass is 19.1. The number of hydrogen-bond acceptors (Lipinski definition) is 5. The predicted molar refractivity (Wildman–Crippen MR) is 112 cm³/mol. The highest BCUT2D eigenvalue weighted by molar-refractivity contribution is 6.12. The lowest BCUT2D eigenvalue weighted by molar-refractivity contribution is -0.126. The summed E-state index contributed by atoms with van der Waals surface area (Å²) in [5.74, 6) is -3.44. The van der Waals surface area contributed by atoms with Crippen molar-refractivity contribution in [2.75, 3.05) is 18.1 Å². The standard InChI is InChI=1S/C22H26F2N4O4/c1-5-32-20(30)16-11-18-19(29)28(17-7-6-14(23)10-15(17)24)22(4,12-27(18)26-16)21(31)25-9-8-13(2)3/h6-7,10-11,13H,5,8-9,12H2,1-4H3,(H,25,31)/t22-/m1/s1. The van der Waals surface area contributed by atoms with Gasteiger partial charge in [0.1, 0.15) is 22.9 Å². The molecule has 1 aromatic heterocycles. The van der Waals surface area contributed by atoms with Crippen molar-refractivity contribution in [3.63, 3.8) is 0 Å². The molecule has 1 aliphatic heterocycles. The number of nitrogens with zero attached hydrogens (tertiary/aromatic N) is 3. The molecule has 0 unspecified atom stereocenters. The first-order valence-corrected chi connectivity index (χ1v) is 10.4. The number of nitrogens with one attached hydrogen (secondary N) is 1. The zero-order valence-corrected chi connectivity index (χ0v) is 18.4. The maximum atomic E-state index is 14.7. The first-order chi connectivity index (χ1) is 15.1. The van der Waals surface area contributed by atoms with Crippen LogP contribution in [0.4, 0.5) is 14.5 Å². The van der Waals surface area contributed by atoms with E-state index >= 15 is 0 Å². The van der Waals surface area contributed by atoms with Crippen molar-refractivity contribution in [3.8, 4) is 0 Å². The molecule has 1 atom stereocenters. The van der Waals surface area contributed by atoms with Crippen molar-refractivity contribution in [2.24, 2.45) is 5.92 Å². The first-order valence-electron chi connectivity index (χ1n) is 10.4. The van der Waals surface area contributed by atoms with E-state index in [0.29, 0.717) is 24.9 Å². The van der Waals surface area contributed by atoms with Crippen LogP contribution in [-0.2, 0) is 16.1 Å². The van der Waals surface area contributed by atoms with Crippen molar-refractivity contribution in [3.05, 3.63) is 47.3 Å². The number of carbonyl (C=O) groups is 3. The Balaban J connectivity index is 2.07. The Morgan fingerprint density at radius 2 is 2.00 bits per heavy atom. The number of anilines is 1. The summed E-state index contributed by atoms with van der Waals surface area (Å²) in [6, 6.07) is 4.01. The number of benzene rings is 1. The smallest absolute Gasteiger partial charge is 0.358 e. The van der Waals surface area contributed by atoms with Crippen LogP contribution in [0.3, 0.4) is 0 Å². The Bertz CT molecular complexity index is 1050. The van der Waals surface area contributed by atoms with E-state index in [4.69, 9.17) is 4.74 Å². The molecule has 1 aromatic carbocycles. The summed E-state index contributed by atoms with van der Waals surface area (Å²) in [4.78, 5) is 39.8. The number of ether oxygens (including phenoxy) is 1. The summed E-state index contributed by atoms with van der Waals surface area (Å²) < 4.78 is 34.4. The number of fused-ring (bicyclic) bond motifs is 1. The van der Waals surface area contributed by atoms with Gasteiger partial charge in [-0.05, 0) is 38.3 Å². The molecule has 8 nitrogen and oxygen atoms in total. The van der Waals surface area contributed by atoms with Gasteiger partial charge in [-0.1, -0.05) is 13.8 Å². The van der Waals surface area contributed by atoms with Crippen LogP contribution in [0.25, 0.3) is 0 Å². The minimum Gasteiger partial charge on any atom is -0.461 e. The average Bonchev–Trinajstić information content (AvgIpc) is 3.13. The second kappa shape index (κ2) is 9.05. The molecule has 10 heteroatoms. The van der Waals surface area contributed by atoms with E-state index in [1.54, 1.807) is 6.92 Å². The van der Waals surface area contributed by atoms with Gasteiger partial charge in [0.2, 0.25) is 5.91 Å². The minimum atomic E-state index is -1.59. The normalized spacial score (nSPS) is 18.0. The van der Waals surface area contributed by atoms with Gasteiger partial charge in [0.25, 0.3) is 5.91 Å². The van der Waals surface area contributed by atoms with E-state index in [-0.39, 0.29) is 30.2 Å². The van der Waals surface area contributed by atoms with Crippen LogP contribution in [0, 0.1) is 17.6 Å². The highest BCUT2D eigenvalue weighted by Gasteiger charge is 2.49. The lowest BCUT2D eigenvalue weighted by Crippen LogP contribution is -2.64. The lowest BCUT2D eigenvalue weighted by Gasteiger charge is -2.43. The largest absolute Gasteiger partial charge is 0.461 e. The molecule has 2 aromatic rings. The fourth-order valence-electron chi connectivity index (χ4n) is 3.59. The number of esters is 1. The molecule has 0 fully saturated rings. The summed E-state index contributed by atoms with van der Waals surface area (Å²) in [6.45, 7) is 7.47. The van der Waals surface area contributed by atoms with Gasteiger partial charge in [0.15, 0.2) is 5.69 Å². The number of carbonyl (C=O) groups excluding carboxylic acids is 3. The molecule has 0 saturated carbocycles. The molecule has 172 valence electrons. The molecule has 2 heterocycles. The monoisotopic (exact) mass is 448 g/mol. The summed E-state index contributed by atoms with van der Waals surface area (Å²) >= 11 is 0. The molecule has 0 saturated heterocycles. The number of halogens is 2. The second-order valence-electron chi connectivity index (χ2n) is 8.24. The topological polar surface area (TPSA) is 93.5 Å². The molecule has 32 heavy (non-hydrogen) atoms. The Hall–Kier alpha value is -3.30. The quantitative estimate of drug-likeness (QED) is 0.658. The van der Waals surface area contributed by atoms with E-state index in [1.807, 2.05) is 13.8 Å². The average molecular weight is 448 g/mol. The predicted octanol–water partition coefficient (Wildman–Crippen LogP) is 2.92. The number of hydrogen-bond donors (Lipinski definition) is 1. The van der Waals surface area contributed by atoms with Gasteiger partial charge in [-0.2, -0.15) is 5.10 Å². The third-order valence-corrected chi connectivity index (χ3v) is 5.28. The fraction of sp³-hybridized carbons (Fsp3) is 0.455. The Morgan fingerprint density at radius 3 is 2.62 bits per heavy atom. The molecule has 1 N–H and O–H groups in total. The van der Waals surface area contributed by atoms with Crippen LogP contribution in [0.1, 0.15) is 55.1 Å².